The van der Waals surface area contributed by atoms with Gasteiger partial charge in [0.15, 0.2) is 6.10 Å². The molecule has 0 fully saturated rings. The number of esters is 1. The molecule has 3 heteroatoms. The second-order valence-electron chi connectivity index (χ2n) is 3.34. The van der Waals surface area contributed by atoms with Crippen LogP contribution in [-0.4, -0.2) is 25.3 Å². The Morgan fingerprint density at radius 3 is 2.38 bits per heavy atom. The molecule has 0 saturated carbocycles. The summed E-state index contributed by atoms with van der Waals surface area (Å²) in [7, 11) is 1.39. The summed E-state index contributed by atoms with van der Waals surface area (Å²) in [6.45, 7) is 5.92. The lowest BCUT2D eigenvalue weighted by molar-refractivity contribution is -0.157. The highest BCUT2D eigenvalue weighted by molar-refractivity contribution is 5.74. The molecule has 0 spiro atoms. The molecule has 0 aliphatic heterocycles. The molecular formula is C10H20O3. The molecule has 0 rings (SSSR count). The van der Waals surface area contributed by atoms with E-state index in [1.165, 1.54) is 7.11 Å². The number of rotatable bonds is 6. The lowest BCUT2D eigenvalue weighted by atomic mass is 10.1. The molecule has 0 bridgehead atoms. The van der Waals surface area contributed by atoms with Gasteiger partial charge in [0.2, 0.25) is 0 Å². The van der Waals surface area contributed by atoms with E-state index in [1.54, 1.807) is 0 Å². The van der Waals surface area contributed by atoms with Crippen LogP contribution in [0.5, 0.6) is 0 Å². The van der Waals surface area contributed by atoms with Gasteiger partial charge in [0.05, 0.1) is 13.2 Å². The first kappa shape index (κ1) is 12.4. The monoisotopic (exact) mass is 188 g/mol. The lowest BCUT2D eigenvalue weighted by Crippen LogP contribution is -2.28. The number of carbonyl (C=O) groups excluding carboxylic acids is 1. The fraction of sp³-hybridized carbons (Fsp3) is 0.900. The highest BCUT2D eigenvalue weighted by atomic mass is 16.6. The minimum absolute atomic E-state index is 0.0703. The van der Waals surface area contributed by atoms with Crippen molar-refractivity contribution in [1.29, 1.82) is 0 Å². The molecule has 0 aromatic rings. The minimum Gasteiger partial charge on any atom is -0.467 e. The van der Waals surface area contributed by atoms with E-state index in [0.29, 0.717) is 0 Å². The Kier molecular flexibility index (Phi) is 6.59. The van der Waals surface area contributed by atoms with E-state index in [0.717, 1.165) is 19.3 Å². The van der Waals surface area contributed by atoms with E-state index in [4.69, 9.17) is 4.74 Å². The molecule has 0 saturated heterocycles. The Morgan fingerprint density at radius 2 is 2.00 bits per heavy atom. The lowest BCUT2D eigenvalue weighted by Gasteiger charge is -2.17. The second-order valence-corrected chi connectivity index (χ2v) is 3.34. The van der Waals surface area contributed by atoms with Gasteiger partial charge >= 0.3 is 5.97 Å². The van der Waals surface area contributed by atoms with Crippen molar-refractivity contribution in [3.05, 3.63) is 0 Å². The molecule has 0 aliphatic rings. The molecule has 0 aromatic heterocycles. The van der Waals surface area contributed by atoms with E-state index >= 15 is 0 Å². The minimum atomic E-state index is -0.384. The van der Waals surface area contributed by atoms with Crippen LogP contribution in [0.25, 0.3) is 0 Å². The largest absolute Gasteiger partial charge is 0.467 e. The topological polar surface area (TPSA) is 35.5 Å². The smallest absolute Gasteiger partial charge is 0.334 e. The predicted octanol–water partition coefficient (Wildman–Crippen LogP) is 2.14. The maximum absolute atomic E-state index is 11.2. The summed E-state index contributed by atoms with van der Waals surface area (Å²) in [5.41, 5.74) is 0. The van der Waals surface area contributed by atoms with Gasteiger partial charge in [0.1, 0.15) is 0 Å². The Bertz CT molecular complexity index is 143. The van der Waals surface area contributed by atoms with Crippen LogP contribution in [0.3, 0.4) is 0 Å². The van der Waals surface area contributed by atoms with Crippen LogP contribution in [0.2, 0.25) is 0 Å². The van der Waals surface area contributed by atoms with Crippen LogP contribution in [0, 0.1) is 0 Å². The van der Waals surface area contributed by atoms with Crippen molar-refractivity contribution in [2.45, 2.75) is 52.2 Å². The Morgan fingerprint density at radius 1 is 1.38 bits per heavy atom. The standard InChI is InChI=1S/C10H20O3/c1-5-6-7-9(10(11)12-4)13-8(2)3/h8-9H,5-7H2,1-4H3. The summed E-state index contributed by atoms with van der Waals surface area (Å²) in [5, 5.41) is 0. The predicted molar refractivity (Wildman–Crippen MR) is 51.6 cm³/mol. The molecule has 78 valence electrons. The Balaban J connectivity index is 3.94. The Labute approximate surface area is 80.4 Å². The van der Waals surface area contributed by atoms with E-state index in [1.807, 2.05) is 13.8 Å². The average molecular weight is 188 g/mol. The summed E-state index contributed by atoms with van der Waals surface area (Å²) in [6.07, 6.45) is 2.49. The molecule has 13 heavy (non-hydrogen) atoms. The van der Waals surface area contributed by atoms with Crippen molar-refractivity contribution < 1.29 is 14.3 Å². The number of hydrogen-bond donors (Lipinski definition) is 0. The first-order valence-corrected chi connectivity index (χ1v) is 4.85. The highest BCUT2D eigenvalue weighted by Crippen LogP contribution is 2.09. The van der Waals surface area contributed by atoms with Crippen LogP contribution in [0.4, 0.5) is 0 Å². The van der Waals surface area contributed by atoms with Crippen LogP contribution in [-0.2, 0) is 14.3 Å². The van der Waals surface area contributed by atoms with Crippen molar-refractivity contribution in [2.75, 3.05) is 7.11 Å². The van der Waals surface area contributed by atoms with Gasteiger partial charge in [-0.15, -0.1) is 0 Å². The van der Waals surface area contributed by atoms with Gasteiger partial charge in [-0.1, -0.05) is 19.8 Å². The van der Waals surface area contributed by atoms with Crippen molar-refractivity contribution in [1.82, 2.24) is 0 Å². The Hall–Kier alpha value is -0.570. The number of methoxy groups -OCH3 is 1. The fourth-order valence-corrected chi connectivity index (χ4v) is 1.09. The van der Waals surface area contributed by atoms with Crippen molar-refractivity contribution in [3.8, 4) is 0 Å². The van der Waals surface area contributed by atoms with Gasteiger partial charge in [-0.3, -0.25) is 0 Å². The summed E-state index contributed by atoms with van der Waals surface area (Å²) in [6, 6.07) is 0. The third kappa shape index (κ3) is 5.64. The SMILES string of the molecule is CCCCC(OC(C)C)C(=O)OC. The van der Waals surface area contributed by atoms with Gasteiger partial charge in [-0.05, 0) is 20.3 Å². The van der Waals surface area contributed by atoms with Gasteiger partial charge in [0.25, 0.3) is 0 Å². The van der Waals surface area contributed by atoms with Crippen LogP contribution in [0.1, 0.15) is 40.0 Å². The number of unbranched alkanes of at least 4 members (excludes halogenated alkanes) is 1. The number of carbonyl (C=O) groups is 1. The molecule has 0 aliphatic carbocycles. The molecule has 1 unspecified atom stereocenters. The van der Waals surface area contributed by atoms with Gasteiger partial charge < -0.3 is 9.47 Å². The van der Waals surface area contributed by atoms with Gasteiger partial charge in [0, 0.05) is 0 Å². The maximum Gasteiger partial charge on any atom is 0.334 e. The third-order valence-corrected chi connectivity index (χ3v) is 1.72. The summed E-state index contributed by atoms with van der Waals surface area (Å²) in [5.74, 6) is -0.262. The van der Waals surface area contributed by atoms with Gasteiger partial charge in [-0.25, -0.2) is 4.79 Å². The van der Waals surface area contributed by atoms with E-state index < -0.39 is 0 Å². The van der Waals surface area contributed by atoms with E-state index in [2.05, 4.69) is 11.7 Å². The quantitative estimate of drug-likeness (QED) is 0.599. The summed E-state index contributed by atoms with van der Waals surface area (Å²) >= 11 is 0. The second kappa shape index (κ2) is 6.89. The molecule has 0 amide bonds. The first-order valence-electron chi connectivity index (χ1n) is 4.85. The summed E-state index contributed by atoms with van der Waals surface area (Å²) < 4.78 is 10.1. The van der Waals surface area contributed by atoms with Gasteiger partial charge in [-0.2, -0.15) is 0 Å². The van der Waals surface area contributed by atoms with Crippen LogP contribution >= 0.6 is 0 Å². The normalized spacial score (nSPS) is 13.0. The fourth-order valence-electron chi connectivity index (χ4n) is 1.09. The number of hydrogen-bond acceptors (Lipinski definition) is 3. The van der Waals surface area contributed by atoms with E-state index in [9.17, 15) is 4.79 Å². The first-order chi connectivity index (χ1) is 6.11. The molecule has 0 radical (unpaired) electrons. The summed E-state index contributed by atoms with van der Waals surface area (Å²) in [4.78, 5) is 11.2. The average Bonchev–Trinajstić information content (AvgIpc) is 2.10. The zero-order valence-electron chi connectivity index (χ0n) is 9.00. The zero-order chi connectivity index (χ0) is 10.3. The number of ether oxygens (including phenoxy) is 2. The van der Waals surface area contributed by atoms with Crippen molar-refractivity contribution >= 4 is 5.97 Å². The highest BCUT2D eigenvalue weighted by Gasteiger charge is 2.19. The molecule has 3 nitrogen and oxygen atoms in total. The molecule has 0 aromatic carbocycles. The zero-order valence-corrected chi connectivity index (χ0v) is 9.00. The van der Waals surface area contributed by atoms with Crippen LogP contribution < -0.4 is 0 Å². The molecular weight excluding hydrogens is 168 g/mol. The van der Waals surface area contributed by atoms with E-state index in [-0.39, 0.29) is 18.2 Å². The van der Waals surface area contributed by atoms with Crippen LogP contribution in [0.15, 0.2) is 0 Å². The van der Waals surface area contributed by atoms with Crippen molar-refractivity contribution in [3.63, 3.8) is 0 Å². The molecule has 0 N–H and O–H groups in total. The molecule has 0 heterocycles. The maximum atomic E-state index is 11.2. The molecule has 1 atom stereocenters. The third-order valence-electron chi connectivity index (χ3n) is 1.72. The van der Waals surface area contributed by atoms with Crippen molar-refractivity contribution in [2.24, 2.45) is 0 Å².